The highest BCUT2D eigenvalue weighted by molar-refractivity contribution is 5.97. The van der Waals surface area contributed by atoms with E-state index in [0.29, 0.717) is 26.1 Å². The molecule has 45 heavy (non-hydrogen) atoms. The average molecular weight is 639 g/mol. The summed E-state index contributed by atoms with van der Waals surface area (Å²) in [5.74, 6) is -3.46. The van der Waals surface area contributed by atoms with Crippen molar-refractivity contribution in [2.75, 3.05) is 43.4 Å². The van der Waals surface area contributed by atoms with Crippen LogP contribution in [0.15, 0.2) is 6.07 Å². The van der Waals surface area contributed by atoms with Gasteiger partial charge < -0.3 is 25.4 Å². The number of halogens is 6. The van der Waals surface area contributed by atoms with Crippen molar-refractivity contribution in [1.82, 2.24) is 30.2 Å². The van der Waals surface area contributed by atoms with E-state index in [0.717, 1.165) is 19.4 Å². The lowest BCUT2D eigenvalue weighted by atomic mass is 9.95. The van der Waals surface area contributed by atoms with Gasteiger partial charge in [-0.15, -0.1) is 0 Å². The molecule has 0 spiro atoms. The first kappa shape index (κ1) is 30.0. The molecule has 0 saturated carbocycles. The van der Waals surface area contributed by atoms with E-state index in [2.05, 4.69) is 20.3 Å². The molecular weight excluding hydrogens is 606 g/mol. The molecule has 0 unspecified atom stereocenters. The lowest BCUT2D eigenvalue weighted by Gasteiger charge is -2.42. The van der Waals surface area contributed by atoms with Gasteiger partial charge in [-0.2, -0.15) is 23.1 Å². The summed E-state index contributed by atoms with van der Waals surface area (Å²) in [6, 6.07) is -0.303. The maximum Gasteiger partial charge on any atom is 0.418 e. The second-order valence-electron chi connectivity index (χ2n) is 12.3. The minimum Gasteiger partial charge on any atom is -0.472 e. The van der Waals surface area contributed by atoms with Crippen LogP contribution < -0.4 is 25.4 Å². The number of fused-ring (bicyclic) bond motifs is 3. The third-order valence-electron chi connectivity index (χ3n) is 9.51. The normalized spacial score (nSPS) is 28.1. The summed E-state index contributed by atoms with van der Waals surface area (Å²) in [6.07, 6.45) is -4.04. The van der Waals surface area contributed by atoms with Crippen LogP contribution in [0.3, 0.4) is 0 Å². The van der Waals surface area contributed by atoms with E-state index < -0.39 is 63.9 Å². The summed E-state index contributed by atoms with van der Waals surface area (Å²) < 4.78 is 99.7. The first-order valence-corrected chi connectivity index (χ1v) is 15.0. The fourth-order valence-electron chi connectivity index (χ4n) is 7.19. The smallest absolute Gasteiger partial charge is 0.418 e. The Hall–Kier alpha value is -3.66. The van der Waals surface area contributed by atoms with Crippen LogP contribution in [0.5, 0.6) is 11.9 Å². The van der Waals surface area contributed by atoms with Gasteiger partial charge in [-0.25, -0.2) is 23.1 Å². The maximum absolute atomic E-state index is 16.6. The molecule has 5 atom stereocenters. The van der Waals surface area contributed by atoms with Crippen LogP contribution in [-0.4, -0.2) is 87.5 Å². The molecule has 0 aromatic carbocycles. The Labute approximate surface area is 254 Å². The summed E-state index contributed by atoms with van der Waals surface area (Å²) in [5.41, 5.74) is 1.15. The number of alkyl halides is 4. The molecule has 0 aliphatic carbocycles. The Balaban J connectivity index is 1.42. The highest BCUT2D eigenvalue weighted by Crippen LogP contribution is 2.45. The van der Waals surface area contributed by atoms with E-state index in [1.165, 1.54) is 0 Å². The number of hydrogen-bond acceptors (Lipinski definition) is 10. The van der Waals surface area contributed by atoms with Crippen LogP contribution in [0.2, 0.25) is 0 Å². The Bertz CT molecular complexity index is 1660. The minimum absolute atomic E-state index is 0.0501. The monoisotopic (exact) mass is 638 g/mol. The number of pyridine rings is 2. The first-order valence-electron chi connectivity index (χ1n) is 15.0. The first-order chi connectivity index (χ1) is 21.4. The number of anilines is 2. The van der Waals surface area contributed by atoms with Gasteiger partial charge in [-0.1, -0.05) is 6.92 Å². The van der Waals surface area contributed by atoms with Crippen molar-refractivity contribution >= 4 is 22.5 Å². The molecule has 0 amide bonds. The van der Waals surface area contributed by atoms with E-state index in [1.807, 2.05) is 16.7 Å². The van der Waals surface area contributed by atoms with E-state index >= 15 is 4.39 Å². The number of nitrogens with zero attached hydrogens (tertiary/aromatic N) is 6. The van der Waals surface area contributed by atoms with Crippen LogP contribution in [-0.2, 0) is 6.18 Å². The molecule has 10 nitrogen and oxygen atoms in total. The fourth-order valence-corrected chi connectivity index (χ4v) is 7.19. The number of rotatable bonds is 5. The molecular formula is C29H32F6N8O2. The molecule has 3 saturated heterocycles. The van der Waals surface area contributed by atoms with Crippen LogP contribution in [0.1, 0.15) is 45.1 Å². The molecule has 7 heterocycles. The van der Waals surface area contributed by atoms with Gasteiger partial charge in [0.2, 0.25) is 5.88 Å². The zero-order chi connectivity index (χ0) is 31.8. The number of nitrogens with two attached hydrogens (primary N) is 1. The lowest BCUT2D eigenvalue weighted by Crippen LogP contribution is -2.60. The third kappa shape index (κ3) is 4.96. The Morgan fingerprint density at radius 1 is 1.16 bits per heavy atom. The predicted molar refractivity (Wildman–Crippen MR) is 152 cm³/mol. The number of hydrogen-bond donors (Lipinski definition) is 2. The molecule has 3 N–H and O–H groups in total. The Morgan fingerprint density at radius 2 is 1.96 bits per heavy atom. The van der Waals surface area contributed by atoms with Crippen molar-refractivity contribution in [2.45, 2.75) is 75.6 Å². The van der Waals surface area contributed by atoms with Crippen LogP contribution in [0.25, 0.3) is 22.3 Å². The summed E-state index contributed by atoms with van der Waals surface area (Å²) in [7, 11) is 0. The molecule has 0 radical (unpaired) electrons. The van der Waals surface area contributed by atoms with Crippen molar-refractivity contribution in [3.8, 4) is 23.3 Å². The molecule has 16 heteroatoms. The molecule has 4 aliphatic heterocycles. The molecule has 3 fully saturated rings. The standard InChI is InChI=1S/C29H32F6N8O2/c1-3-15-11-43-18(9-37-15)13(2)45-26-19-22(20(32)23(39-26)21-16(29(33,34)35)7-17(31)24(36)38-21)40-27(41-25(19)43)44-12-28-5-4-6-42(28)10-14(30)8-28/h7,13-15,18,37H,3-6,8-12H2,1-2H3,(H2,36,38)/t13-,14+,15+,18-,28-/m0/s1. The summed E-state index contributed by atoms with van der Waals surface area (Å²) >= 11 is 0. The van der Waals surface area contributed by atoms with Crippen LogP contribution in [0, 0.1) is 11.6 Å². The van der Waals surface area contributed by atoms with Crippen molar-refractivity contribution in [3.63, 3.8) is 0 Å². The molecule has 0 bridgehead atoms. The third-order valence-corrected chi connectivity index (χ3v) is 9.51. The highest BCUT2D eigenvalue weighted by atomic mass is 19.4. The number of piperazine rings is 1. The minimum atomic E-state index is -5.11. The lowest BCUT2D eigenvalue weighted by molar-refractivity contribution is -0.137. The van der Waals surface area contributed by atoms with E-state index in [-0.39, 0.29) is 54.3 Å². The summed E-state index contributed by atoms with van der Waals surface area (Å²) in [6.45, 7) is 5.82. The van der Waals surface area contributed by atoms with E-state index in [9.17, 15) is 22.0 Å². The Morgan fingerprint density at radius 3 is 2.71 bits per heavy atom. The van der Waals surface area contributed by atoms with Gasteiger partial charge in [0.15, 0.2) is 17.5 Å². The molecule has 242 valence electrons. The second-order valence-corrected chi connectivity index (χ2v) is 12.3. The summed E-state index contributed by atoms with van der Waals surface area (Å²) in [5, 5.41) is 3.52. The van der Waals surface area contributed by atoms with Gasteiger partial charge in [0.1, 0.15) is 47.0 Å². The highest BCUT2D eigenvalue weighted by Gasteiger charge is 2.50. The molecule has 7 rings (SSSR count). The van der Waals surface area contributed by atoms with Crippen molar-refractivity contribution in [2.24, 2.45) is 0 Å². The number of aromatic nitrogens is 4. The molecule has 4 aliphatic rings. The number of ether oxygens (including phenoxy) is 2. The van der Waals surface area contributed by atoms with Crippen LogP contribution >= 0.6 is 0 Å². The van der Waals surface area contributed by atoms with Crippen molar-refractivity contribution in [3.05, 3.63) is 23.3 Å². The maximum atomic E-state index is 16.6. The molecule has 3 aromatic rings. The predicted octanol–water partition coefficient (Wildman–Crippen LogP) is 4.26. The van der Waals surface area contributed by atoms with Gasteiger partial charge in [0.05, 0.1) is 17.1 Å². The number of nitrogens with one attached hydrogen (secondary N) is 1. The zero-order valence-electron chi connectivity index (χ0n) is 24.6. The van der Waals surface area contributed by atoms with Gasteiger partial charge >= 0.3 is 12.2 Å². The fraction of sp³-hybridized carbons (Fsp3) is 0.586. The van der Waals surface area contributed by atoms with Crippen LogP contribution in [0.4, 0.5) is 38.0 Å². The largest absolute Gasteiger partial charge is 0.472 e. The zero-order valence-corrected chi connectivity index (χ0v) is 24.6. The number of nitrogen functional groups attached to an aromatic ring is 1. The average Bonchev–Trinajstić information content (AvgIpc) is 3.49. The SMILES string of the molecule is CC[C@@H]1CN2c3nc(OC[C@@]45CCCN4C[C@H](F)C5)nc4c(F)c(-c5nc(N)c(F)cc5C(F)(F)F)nc(c34)O[C@@H](C)[C@@H]2CN1. The van der Waals surface area contributed by atoms with E-state index in [4.69, 9.17) is 20.2 Å². The molecule has 3 aromatic heterocycles. The van der Waals surface area contributed by atoms with Gasteiger partial charge in [-0.3, -0.25) is 4.90 Å². The summed E-state index contributed by atoms with van der Waals surface area (Å²) in [4.78, 5) is 20.8. The quantitative estimate of drug-likeness (QED) is 0.393. The second kappa shape index (κ2) is 10.7. The van der Waals surface area contributed by atoms with Gasteiger partial charge in [0, 0.05) is 32.1 Å². The Kier molecular flexibility index (Phi) is 7.15. The van der Waals surface area contributed by atoms with Gasteiger partial charge in [-0.05, 0) is 38.8 Å². The van der Waals surface area contributed by atoms with Crippen molar-refractivity contribution in [1.29, 1.82) is 0 Å². The van der Waals surface area contributed by atoms with Gasteiger partial charge in [0.25, 0.3) is 0 Å². The van der Waals surface area contributed by atoms with Crippen molar-refractivity contribution < 1.29 is 35.8 Å². The topological polar surface area (TPSA) is 115 Å². The van der Waals surface area contributed by atoms with E-state index in [1.54, 1.807) is 6.92 Å².